The van der Waals surface area contributed by atoms with Crippen LogP contribution in [0.5, 0.6) is 5.75 Å². The zero-order chi connectivity index (χ0) is 17.1. The summed E-state index contributed by atoms with van der Waals surface area (Å²) in [4.78, 5) is 30.6. The lowest BCUT2D eigenvalue weighted by Gasteiger charge is -2.08. The van der Waals surface area contributed by atoms with Crippen molar-refractivity contribution >= 4 is 17.0 Å². The second-order valence-electron chi connectivity index (χ2n) is 5.37. The van der Waals surface area contributed by atoms with Gasteiger partial charge in [0.1, 0.15) is 23.5 Å². The Morgan fingerprint density at radius 2 is 2.21 bits per heavy atom. The first-order chi connectivity index (χ1) is 11.6. The number of amides is 1. The van der Waals surface area contributed by atoms with Crippen molar-refractivity contribution in [1.82, 2.24) is 15.3 Å². The van der Waals surface area contributed by atoms with Gasteiger partial charge in [0.15, 0.2) is 0 Å². The molecular formula is C17H17N3O4. The molecule has 2 N–H and O–H groups in total. The average molecular weight is 327 g/mol. The van der Waals surface area contributed by atoms with Gasteiger partial charge in [0.25, 0.3) is 11.5 Å². The number of fused-ring (bicyclic) bond motifs is 1. The summed E-state index contributed by atoms with van der Waals surface area (Å²) in [7, 11) is 0. The number of nitrogens with zero attached hydrogens (tertiary/aromatic N) is 1. The second-order valence-corrected chi connectivity index (χ2v) is 5.37. The molecule has 3 rings (SSSR count). The maximum atomic E-state index is 12.4. The number of carbonyl (C=O) groups is 1. The number of H-pyrrole nitrogens is 1. The molecule has 0 atom stereocenters. The first-order valence-electron chi connectivity index (χ1n) is 7.50. The molecule has 124 valence electrons. The number of nitrogens with one attached hydrogen (secondary N) is 2. The standard InChI is InChI=1S/C17H17N3O4/c1-10-4-3-5-12(8-10)23-7-6-18-15(21)13-11(2)24-17-14(13)16(22)19-9-20-17/h3-5,8-9H,6-7H2,1-2H3,(H,18,21)(H,19,20,22). The molecule has 24 heavy (non-hydrogen) atoms. The molecule has 1 aromatic carbocycles. The van der Waals surface area contributed by atoms with Gasteiger partial charge >= 0.3 is 0 Å². The molecule has 7 nitrogen and oxygen atoms in total. The van der Waals surface area contributed by atoms with Crippen molar-refractivity contribution in [2.75, 3.05) is 13.2 Å². The van der Waals surface area contributed by atoms with Crippen LogP contribution in [0.2, 0.25) is 0 Å². The third-order valence-corrected chi connectivity index (χ3v) is 3.54. The number of hydrogen-bond acceptors (Lipinski definition) is 5. The van der Waals surface area contributed by atoms with E-state index in [4.69, 9.17) is 9.15 Å². The number of ether oxygens (including phenoxy) is 1. The minimum atomic E-state index is -0.405. The predicted octanol–water partition coefficient (Wildman–Crippen LogP) is 1.94. The van der Waals surface area contributed by atoms with E-state index in [2.05, 4.69) is 15.3 Å². The Hall–Kier alpha value is -3.09. The molecule has 0 bridgehead atoms. The lowest BCUT2D eigenvalue weighted by Crippen LogP contribution is -2.29. The summed E-state index contributed by atoms with van der Waals surface area (Å²) < 4.78 is 10.9. The number of hydrogen-bond donors (Lipinski definition) is 2. The average Bonchev–Trinajstić information content (AvgIpc) is 2.89. The van der Waals surface area contributed by atoms with Gasteiger partial charge < -0.3 is 19.5 Å². The van der Waals surface area contributed by atoms with Crippen molar-refractivity contribution < 1.29 is 13.9 Å². The van der Waals surface area contributed by atoms with Crippen LogP contribution in [0.25, 0.3) is 11.1 Å². The number of aryl methyl sites for hydroxylation is 2. The molecule has 0 aliphatic heterocycles. The zero-order valence-electron chi connectivity index (χ0n) is 13.4. The Morgan fingerprint density at radius 3 is 3.00 bits per heavy atom. The van der Waals surface area contributed by atoms with Gasteiger partial charge in [-0.3, -0.25) is 9.59 Å². The molecule has 0 aliphatic carbocycles. The highest BCUT2D eigenvalue weighted by Crippen LogP contribution is 2.20. The van der Waals surface area contributed by atoms with Crippen LogP contribution >= 0.6 is 0 Å². The second kappa shape index (κ2) is 6.57. The van der Waals surface area contributed by atoms with Gasteiger partial charge in [-0.05, 0) is 31.5 Å². The highest BCUT2D eigenvalue weighted by Gasteiger charge is 2.21. The number of aromatic amines is 1. The molecule has 0 saturated heterocycles. The van der Waals surface area contributed by atoms with Gasteiger partial charge in [0.05, 0.1) is 18.4 Å². The SMILES string of the molecule is Cc1cccc(OCCNC(=O)c2c(C)oc3nc[nH]c(=O)c23)c1. The van der Waals surface area contributed by atoms with E-state index >= 15 is 0 Å². The quantitative estimate of drug-likeness (QED) is 0.698. The van der Waals surface area contributed by atoms with Crippen molar-refractivity contribution in [2.24, 2.45) is 0 Å². The van der Waals surface area contributed by atoms with E-state index < -0.39 is 11.5 Å². The maximum absolute atomic E-state index is 12.4. The van der Waals surface area contributed by atoms with Gasteiger partial charge in [-0.1, -0.05) is 12.1 Å². The topological polar surface area (TPSA) is 97.2 Å². The molecule has 0 unspecified atom stereocenters. The molecular weight excluding hydrogens is 310 g/mol. The van der Waals surface area contributed by atoms with E-state index in [0.29, 0.717) is 18.9 Å². The number of carbonyl (C=O) groups excluding carboxylic acids is 1. The van der Waals surface area contributed by atoms with E-state index in [1.54, 1.807) is 6.92 Å². The van der Waals surface area contributed by atoms with E-state index in [1.165, 1.54) is 6.33 Å². The van der Waals surface area contributed by atoms with Crippen LogP contribution in [0, 0.1) is 13.8 Å². The fourth-order valence-corrected chi connectivity index (χ4v) is 2.45. The Bertz CT molecular complexity index is 942. The molecule has 0 saturated carbocycles. The summed E-state index contributed by atoms with van der Waals surface area (Å²) in [5.74, 6) is 0.707. The Morgan fingerprint density at radius 1 is 1.38 bits per heavy atom. The minimum absolute atomic E-state index is 0.150. The number of benzene rings is 1. The van der Waals surface area contributed by atoms with E-state index in [9.17, 15) is 9.59 Å². The molecule has 0 aliphatic rings. The molecule has 0 fully saturated rings. The first-order valence-corrected chi connectivity index (χ1v) is 7.50. The van der Waals surface area contributed by atoms with E-state index in [-0.39, 0.29) is 16.7 Å². The molecule has 0 radical (unpaired) electrons. The lowest BCUT2D eigenvalue weighted by atomic mass is 10.2. The van der Waals surface area contributed by atoms with Crippen LogP contribution in [0.15, 0.2) is 39.8 Å². The minimum Gasteiger partial charge on any atom is -0.492 e. The van der Waals surface area contributed by atoms with Crippen molar-refractivity contribution in [1.29, 1.82) is 0 Å². The van der Waals surface area contributed by atoms with Crippen molar-refractivity contribution in [3.63, 3.8) is 0 Å². The Labute approximate surface area is 137 Å². The van der Waals surface area contributed by atoms with Crippen LogP contribution in [0.4, 0.5) is 0 Å². The molecule has 2 aromatic heterocycles. The van der Waals surface area contributed by atoms with E-state index in [0.717, 1.165) is 11.3 Å². The van der Waals surface area contributed by atoms with Gasteiger partial charge in [-0.2, -0.15) is 0 Å². The van der Waals surface area contributed by atoms with Crippen molar-refractivity contribution in [3.8, 4) is 5.75 Å². The smallest absolute Gasteiger partial charge is 0.262 e. The highest BCUT2D eigenvalue weighted by molar-refractivity contribution is 6.06. The van der Waals surface area contributed by atoms with Gasteiger partial charge in [-0.15, -0.1) is 0 Å². The number of aromatic nitrogens is 2. The Balaban J connectivity index is 1.66. The molecule has 1 amide bonds. The normalized spacial score (nSPS) is 10.8. The van der Waals surface area contributed by atoms with Crippen LogP contribution in [-0.2, 0) is 0 Å². The maximum Gasteiger partial charge on any atom is 0.262 e. The highest BCUT2D eigenvalue weighted by atomic mass is 16.5. The summed E-state index contributed by atoms with van der Waals surface area (Å²) in [6.07, 6.45) is 1.24. The Kier molecular flexibility index (Phi) is 4.33. The number of rotatable bonds is 5. The van der Waals surface area contributed by atoms with Gasteiger partial charge in [-0.25, -0.2) is 4.98 Å². The van der Waals surface area contributed by atoms with Gasteiger partial charge in [0.2, 0.25) is 5.71 Å². The summed E-state index contributed by atoms with van der Waals surface area (Å²) in [6.45, 7) is 4.22. The van der Waals surface area contributed by atoms with Gasteiger partial charge in [0, 0.05) is 0 Å². The largest absolute Gasteiger partial charge is 0.492 e. The molecule has 3 aromatic rings. The van der Waals surface area contributed by atoms with Crippen LogP contribution in [0.1, 0.15) is 21.7 Å². The van der Waals surface area contributed by atoms with Crippen LogP contribution in [0.3, 0.4) is 0 Å². The van der Waals surface area contributed by atoms with Crippen LogP contribution < -0.4 is 15.6 Å². The summed E-state index contributed by atoms with van der Waals surface area (Å²) in [5, 5.41) is 2.88. The van der Waals surface area contributed by atoms with Crippen molar-refractivity contribution in [3.05, 3.63) is 57.8 Å². The first kappa shape index (κ1) is 15.8. The lowest BCUT2D eigenvalue weighted by molar-refractivity contribution is 0.0947. The molecule has 7 heteroatoms. The third kappa shape index (κ3) is 3.15. The van der Waals surface area contributed by atoms with Crippen LogP contribution in [-0.4, -0.2) is 29.0 Å². The predicted molar refractivity (Wildman–Crippen MR) is 88.4 cm³/mol. The molecule has 0 spiro atoms. The fraction of sp³-hybridized carbons (Fsp3) is 0.235. The number of furan rings is 1. The summed E-state index contributed by atoms with van der Waals surface area (Å²) in [6, 6.07) is 7.66. The van der Waals surface area contributed by atoms with E-state index in [1.807, 2.05) is 31.2 Å². The summed E-state index contributed by atoms with van der Waals surface area (Å²) >= 11 is 0. The third-order valence-electron chi connectivity index (χ3n) is 3.54. The monoisotopic (exact) mass is 327 g/mol. The fourth-order valence-electron chi connectivity index (χ4n) is 2.45. The summed E-state index contributed by atoms with van der Waals surface area (Å²) in [5.41, 5.74) is 1.05. The van der Waals surface area contributed by atoms with Crippen molar-refractivity contribution in [2.45, 2.75) is 13.8 Å². The molecule has 2 heterocycles. The zero-order valence-corrected chi connectivity index (χ0v) is 13.4.